The van der Waals surface area contributed by atoms with Gasteiger partial charge in [0.05, 0.1) is 23.8 Å². The predicted molar refractivity (Wildman–Crippen MR) is 113 cm³/mol. The minimum Gasteiger partial charge on any atom is -0.442 e. The molecule has 0 bridgehead atoms. The lowest BCUT2D eigenvalue weighted by Crippen LogP contribution is -2.47. The Bertz CT molecular complexity index is 995. The summed E-state index contributed by atoms with van der Waals surface area (Å²) in [7, 11) is 2.00. The van der Waals surface area contributed by atoms with Gasteiger partial charge >= 0.3 is 6.09 Å². The topological polar surface area (TPSA) is 53.1 Å². The van der Waals surface area contributed by atoms with Gasteiger partial charge in [0.2, 0.25) is 0 Å². The zero-order chi connectivity index (χ0) is 20.1. The van der Waals surface area contributed by atoms with Crippen LogP contribution in [0.3, 0.4) is 0 Å². The number of hydrogen-bond acceptors (Lipinski definition) is 4. The standard InChI is InChI=1S/C22H22BrN3O3/c1-24-8-9-25(21(27)17-7-6-16(23)11-18(17)24)13-20-19-10-14-4-2-3-5-15(14)12-26(19)22(28)29-20/h2-7,11,19-20H,8-10,12-13H2,1H3/t19-,20+/m0/s1. The van der Waals surface area contributed by atoms with Crippen molar-refractivity contribution in [2.24, 2.45) is 0 Å². The molecule has 0 saturated carbocycles. The Morgan fingerprint density at radius 2 is 1.90 bits per heavy atom. The molecule has 0 aliphatic carbocycles. The number of hydrogen-bond donors (Lipinski definition) is 0. The molecule has 3 aliphatic rings. The number of fused-ring (bicyclic) bond motifs is 3. The van der Waals surface area contributed by atoms with Crippen LogP contribution < -0.4 is 4.90 Å². The van der Waals surface area contributed by atoms with E-state index < -0.39 is 0 Å². The van der Waals surface area contributed by atoms with Gasteiger partial charge in [0.25, 0.3) is 5.91 Å². The summed E-state index contributed by atoms with van der Waals surface area (Å²) in [5.74, 6) is -0.0115. The van der Waals surface area contributed by atoms with Crippen LogP contribution >= 0.6 is 15.9 Å². The number of ether oxygens (including phenoxy) is 1. The number of cyclic esters (lactones) is 1. The van der Waals surface area contributed by atoms with Crippen molar-refractivity contribution >= 4 is 33.6 Å². The van der Waals surface area contributed by atoms with Crippen molar-refractivity contribution in [1.82, 2.24) is 9.80 Å². The van der Waals surface area contributed by atoms with Crippen molar-refractivity contribution < 1.29 is 14.3 Å². The Morgan fingerprint density at radius 1 is 1.10 bits per heavy atom. The smallest absolute Gasteiger partial charge is 0.410 e. The summed E-state index contributed by atoms with van der Waals surface area (Å²) in [6.45, 7) is 2.31. The summed E-state index contributed by atoms with van der Waals surface area (Å²) in [4.78, 5) is 31.5. The Morgan fingerprint density at radius 3 is 2.72 bits per heavy atom. The lowest BCUT2D eigenvalue weighted by atomic mass is 9.92. The summed E-state index contributed by atoms with van der Waals surface area (Å²) in [5.41, 5.74) is 4.04. The number of rotatable bonds is 2. The number of halogens is 1. The first-order chi connectivity index (χ1) is 14.0. The van der Waals surface area contributed by atoms with Crippen molar-refractivity contribution in [1.29, 1.82) is 0 Å². The second-order valence-electron chi connectivity index (χ2n) is 7.92. The van der Waals surface area contributed by atoms with Crippen molar-refractivity contribution in [2.45, 2.75) is 25.1 Å². The number of carbonyl (C=O) groups is 2. The van der Waals surface area contributed by atoms with E-state index in [1.54, 1.807) is 0 Å². The maximum absolute atomic E-state index is 13.3. The molecule has 1 fully saturated rings. The maximum atomic E-state index is 13.3. The molecule has 7 heteroatoms. The average molecular weight is 456 g/mol. The molecule has 29 heavy (non-hydrogen) atoms. The molecule has 6 nitrogen and oxygen atoms in total. The molecule has 0 N–H and O–H groups in total. The van der Waals surface area contributed by atoms with Crippen LogP contribution in [0, 0.1) is 0 Å². The average Bonchev–Trinajstić information content (AvgIpc) is 2.97. The molecule has 3 heterocycles. The molecule has 0 radical (unpaired) electrons. The normalized spacial score (nSPS) is 23.3. The van der Waals surface area contributed by atoms with E-state index in [9.17, 15) is 9.59 Å². The molecule has 0 unspecified atom stereocenters. The second-order valence-corrected chi connectivity index (χ2v) is 8.84. The van der Waals surface area contributed by atoms with E-state index in [1.165, 1.54) is 11.1 Å². The summed E-state index contributed by atoms with van der Waals surface area (Å²) in [5, 5.41) is 0. The minimum atomic E-state index is -0.317. The molecule has 150 valence electrons. The largest absolute Gasteiger partial charge is 0.442 e. The maximum Gasteiger partial charge on any atom is 0.410 e. The van der Waals surface area contributed by atoms with E-state index in [0.29, 0.717) is 25.2 Å². The van der Waals surface area contributed by atoms with Gasteiger partial charge in [-0.05, 0) is 35.7 Å². The Kier molecular flexibility index (Phi) is 4.50. The number of benzene rings is 2. The van der Waals surface area contributed by atoms with Crippen LogP contribution in [0.15, 0.2) is 46.9 Å². The fraction of sp³-hybridized carbons (Fsp3) is 0.364. The van der Waals surface area contributed by atoms with Crippen molar-refractivity contribution in [3.63, 3.8) is 0 Å². The zero-order valence-corrected chi connectivity index (χ0v) is 17.8. The number of likely N-dealkylation sites (N-methyl/N-ethyl adjacent to an activating group) is 1. The predicted octanol–water partition coefficient (Wildman–Crippen LogP) is 3.29. The fourth-order valence-corrected chi connectivity index (χ4v) is 4.92. The van der Waals surface area contributed by atoms with Crippen LogP contribution in [0.25, 0.3) is 0 Å². The van der Waals surface area contributed by atoms with Crippen LogP contribution in [-0.4, -0.2) is 60.6 Å². The van der Waals surface area contributed by atoms with E-state index in [1.807, 2.05) is 47.2 Å². The number of anilines is 1. The van der Waals surface area contributed by atoms with Crippen LogP contribution in [-0.2, 0) is 17.7 Å². The molecule has 2 amide bonds. The van der Waals surface area contributed by atoms with Crippen LogP contribution in [0.5, 0.6) is 0 Å². The molecular weight excluding hydrogens is 434 g/mol. The third kappa shape index (κ3) is 3.17. The first-order valence-electron chi connectivity index (χ1n) is 9.85. The van der Waals surface area contributed by atoms with Crippen LogP contribution in [0.1, 0.15) is 21.5 Å². The second kappa shape index (κ2) is 7.06. The van der Waals surface area contributed by atoms with E-state index in [2.05, 4.69) is 33.0 Å². The first-order valence-corrected chi connectivity index (χ1v) is 10.6. The lowest BCUT2D eigenvalue weighted by Gasteiger charge is -2.32. The highest BCUT2D eigenvalue weighted by Crippen LogP contribution is 2.33. The van der Waals surface area contributed by atoms with Gasteiger partial charge in [0.1, 0.15) is 6.10 Å². The molecule has 2 aromatic carbocycles. The van der Waals surface area contributed by atoms with Crippen LogP contribution in [0.2, 0.25) is 0 Å². The highest BCUT2D eigenvalue weighted by atomic mass is 79.9. The van der Waals surface area contributed by atoms with Gasteiger partial charge in [-0.15, -0.1) is 0 Å². The monoisotopic (exact) mass is 455 g/mol. The summed E-state index contributed by atoms with van der Waals surface area (Å²) in [6.07, 6.45) is 0.165. The first kappa shape index (κ1) is 18.5. The van der Waals surface area contributed by atoms with Crippen molar-refractivity contribution in [2.75, 3.05) is 31.6 Å². The van der Waals surface area contributed by atoms with Crippen molar-refractivity contribution in [3.8, 4) is 0 Å². The molecule has 3 aliphatic heterocycles. The van der Waals surface area contributed by atoms with E-state index in [4.69, 9.17) is 4.74 Å². The Hall–Kier alpha value is -2.54. The summed E-state index contributed by atoms with van der Waals surface area (Å²) in [6, 6.07) is 13.9. The Balaban J connectivity index is 1.40. The van der Waals surface area contributed by atoms with Crippen molar-refractivity contribution in [3.05, 3.63) is 63.6 Å². The molecule has 0 spiro atoms. The van der Waals surface area contributed by atoms with Gasteiger partial charge in [-0.3, -0.25) is 9.69 Å². The SMILES string of the molecule is CN1CCN(C[C@H]2OC(=O)N3Cc4ccccc4C[C@@H]23)C(=O)c2ccc(Br)cc21. The minimum absolute atomic E-state index is 0.0115. The summed E-state index contributed by atoms with van der Waals surface area (Å²) < 4.78 is 6.69. The highest BCUT2D eigenvalue weighted by molar-refractivity contribution is 9.10. The van der Waals surface area contributed by atoms with E-state index in [0.717, 1.165) is 23.1 Å². The van der Waals surface area contributed by atoms with Gasteiger partial charge in [0, 0.05) is 31.2 Å². The molecule has 2 atom stereocenters. The van der Waals surface area contributed by atoms with Gasteiger partial charge in [-0.1, -0.05) is 40.2 Å². The van der Waals surface area contributed by atoms with Gasteiger partial charge in [-0.25, -0.2) is 4.79 Å². The third-order valence-electron chi connectivity index (χ3n) is 6.20. The van der Waals surface area contributed by atoms with Gasteiger partial charge in [-0.2, -0.15) is 0 Å². The van der Waals surface area contributed by atoms with Crippen LogP contribution in [0.4, 0.5) is 10.5 Å². The Labute approximate surface area is 178 Å². The quantitative estimate of drug-likeness (QED) is 0.696. The molecular formula is C22H22BrN3O3. The molecule has 5 rings (SSSR count). The summed E-state index contributed by atoms with van der Waals surface area (Å²) >= 11 is 3.49. The number of nitrogens with zero attached hydrogens (tertiary/aromatic N) is 3. The lowest BCUT2D eigenvalue weighted by molar-refractivity contribution is 0.0616. The molecule has 2 aromatic rings. The fourth-order valence-electron chi connectivity index (χ4n) is 4.57. The zero-order valence-electron chi connectivity index (χ0n) is 16.2. The number of amides is 2. The van der Waals surface area contributed by atoms with Gasteiger partial charge in [0.15, 0.2) is 0 Å². The van der Waals surface area contributed by atoms with E-state index in [-0.39, 0.29) is 24.1 Å². The molecule has 1 saturated heterocycles. The van der Waals surface area contributed by atoms with E-state index >= 15 is 0 Å². The molecule has 0 aromatic heterocycles. The number of carbonyl (C=O) groups excluding carboxylic acids is 2. The van der Waals surface area contributed by atoms with Gasteiger partial charge < -0.3 is 14.5 Å². The third-order valence-corrected chi connectivity index (χ3v) is 6.69. The highest BCUT2D eigenvalue weighted by Gasteiger charge is 2.45.